The molecule has 106 valence electrons. The highest BCUT2D eigenvalue weighted by molar-refractivity contribution is 5.96. The lowest BCUT2D eigenvalue weighted by molar-refractivity contribution is -0.147. The van der Waals surface area contributed by atoms with Crippen LogP contribution in [0, 0.1) is 5.92 Å². The van der Waals surface area contributed by atoms with Crippen molar-refractivity contribution >= 4 is 17.6 Å². The molecule has 0 spiro atoms. The van der Waals surface area contributed by atoms with Gasteiger partial charge in [0.1, 0.15) is 0 Å². The molecule has 0 fully saturated rings. The third-order valence-corrected chi connectivity index (χ3v) is 3.41. The van der Waals surface area contributed by atoms with Gasteiger partial charge < -0.3 is 14.4 Å². The molecule has 1 aliphatic rings. The molecule has 0 amide bonds. The van der Waals surface area contributed by atoms with Crippen LogP contribution in [0.2, 0.25) is 0 Å². The Balaban J connectivity index is 2.51. The summed E-state index contributed by atoms with van der Waals surface area (Å²) in [4.78, 5) is 25.7. The SMILES string of the molecule is COC(=O)C1=CN(C)c2ccccc2CC1C(=O)OC. The van der Waals surface area contributed by atoms with Gasteiger partial charge in [0.05, 0.1) is 25.7 Å². The average molecular weight is 275 g/mol. The summed E-state index contributed by atoms with van der Waals surface area (Å²) in [6.07, 6.45) is 2.05. The lowest BCUT2D eigenvalue weighted by Crippen LogP contribution is -2.25. The summed E-state index contributed by atoms with van der Waals surface area (Å²) < 4.78 is 9.59. The molecule has 1 aliphatic heterocycles. The summed E-state index contributed by atoms with van der Waals surface area (Å²) in [5.41, 5.74) is 2.25. The number of esters is 2. The van der Waals surface area contributed by atoms with Crippen molar-refractivity contribution in [1.29, 1.82) is 0 Å². The second kappa shape index (κ2) is 5.77. The van der Waals surface area contributed by atoms with Gasteiger partial charge in [-0.3, -0.25) is 4.79 Å². The molecule has 5 nitrogen and oxygen atoms in total. The van der Waals surface area contributed by atoms with Crippen molar-refractivity contribution in [1.82, 2.24) is 0 Å². The van der Waals surface area contributed by atoms with E-state index in [1.54, 1.807) is 6.20 Å². The van der Waals surface area contributed by atoms with E-state index in [0.29, 0.717) is 12.0 Å². The summed E-state index contributed by atoms with van der Waals surface area (Å²) >= 11 is 0. The summed E-state index contributed by atoms with van der Waals surface area (Å²) in [6.45, 7) is 0. The molecular weight excluding hydrogens is 258 g/mol. The summed E-state index contributed by atoms with van der Waals surface area (Å²) in [5, 5.41) is 0. The zero-order valence-corrected chi connectivity index (χ0v) is 11.8. The molecule has 20 heavy (non-hydrogen) atoms. The number of fused-ring (bicyclic) bond motifs is 1. The normalized spacial score (nSPS) is 17.6. The molecule has 0 saturated carbocycles. The molecule has 1 aromatic carbocycles. The number of benzene rings is 1. The number of hydrogen-bond donors (Lipinski definition) is 0. The molecule has 1 aromatic rings. The highest BCUT2D eigenvalue weighted by Crippen LogP contribution is 2.31. The van der Waals surface area contributed by atoms with Gasteiger partial charge in [0.2, 0.25) is 0 Å². The summed E-state index contributed by atoms with van der Waals surface area (Å²) in [5.74, 6) is -1.61. The van der Waals surface area contributed by atoms with Crippen molar-refractivity contribution in [3.8, 4) is 0 Å². The predicted molar refractivity (Wildman–Crippen MR) is 74.2 cm³/mol. The number of carbonyl (C=O) groups excluding carboxylic acids is 2. The number of para-hydroxylation sites is 1. The van der Waals surface area contributed by atoms with Crippen LogP contribution in [0.1, 0.15) is 5.56 Å². The maximum Gasteiger partial charge on any atom is 0.336 e. The second-order valence-electron chi connectivity index (χ2n) is 4.60. The largest absolute Gasteiger partial charge is 0.469 e. The molecule has 0 aliphatic carbocycles. The lowest BCUT2D eigenvalue weighted by atomic mass is 9.92. The minimum Gasteiger partial charge on any atom is -0.469 e. The van der Waals surface area contributed by atoms with Gasteiger partial charge in [0.15, 0.2) is 0 Å². The highest BCUT2D eigenvalue weighted by atomic mass is 16.5. The Morgan fingerprint density at radius 3 is 2.55 bits per heavy atom. The van der Waals surface area contributed by atoms with Gasteiger partial charge >= 0.3 is 11.9 Å². The van der Waals surface area contributed by atoms with Crippen LogP contribution in [-0.4, -0.2) is 33.2 Å². The third kappa shape index (κ3) is 2.52. The second-order valence-corrected chi connectivity index (χ2v) is 4.60. The maximum atomic E-state index is 12.0. The topological polar surface area (TPSA) is 55.8 Å². The summed E-state index contributed by atoms with van der Waals surface area (Å²) in [6, 6.07) is 7.71. The Morgan fingerprint density at radius 2 is 1.90 bits per heavy atom. The fourth-order valence-corrected chi connectivity index (χ4v) is 2.39. The third-order valence-electron chi connectivity index (χ3n) is 3.41. The molecule has 5 heteroatoms. The number of rotatable bonds is 2. The van der Waals surface area contributed by atoms with E-state index in [1.165, 1.54) is 14.2 Å². The van der Waals surface area contributed by atoms with E-state index in [0.717, 1.165) is 11.3 Å². The number of anilines is 1. The minimum atomic E-state index is -0.654. The number of methoxy groups -OCH3 is 2. The van der Waals surface area contributed by atoms with E-state index in [9.17, 15) is 9.59 Å². The number of carbonyl (C=O) groups is 2. The fraction of sp³-hybridized carbons (Fsp3) is 0.333. The molecule has 0 saturated heterocycles. The van der Waals surface area contributed by atoms with Gasteiger partial charge in [0, 0.05) is 18.9 Å². The number of hydrogen-bond acceptors (Lipinski definition) is 5. The smallest absolute Gasteiger partial charge is 0.336 e. The van der Waals surface area contributed by atoms with E-state index in [-0.39, 0.29) is 0 Å². The monoisotopic (exact) mass is 275 g/mol. The van der Waals surface area contributed by atoms with Crippen molar-refractivity contribution in [3.63, 3.8) is 0 Å². The maximum absolute atomic E-state index is 12.0. The van der Waals surface area contributed by atoms with Crippen LogP contribution >= 0.6 is 0 Å². The van der Waals surface area contributed by atoms with Crippen LogP contribution in [0.25, 0.3) is 0 Å². The molecule has 0 aromatic heterocycles. The molecule has 2 rings (SSSR count). The van der Waals surface area contributed by atoms with Crippen LogP contribution in [0.15, 0.2) is 36.0 Å². The summed E-state index contributed by atoms with van der Waals surface area (Å²) in [7, 11) is 4.45. The van der Waals surface area contributed by atoms with Gasteiger partial charge in [-0.2, -0.15) is 0 Å². The quantitative estimate of drug-likeness (QED) is 0.766. The van der Waals surface area contributed by atoms with Crippen molar-refractivity contribution in [2.24, 2.45) is 5.92 Å². The van der Waals surface area contributed by atoms with E-state index in [2.05, 4.69) is 0 Å². The van der Waals surface area contributed by atoms with Crippen molar-refractivity contribution in [3.05, 3.63) is 41.6 Å². The zero-order chi connectivity index (χ0) is 14.7. The van der Waals surface area contributed by atoms with Gasteiger partial charge in [-0.1, -0.05) is 18.2 Å². The van der Waals surface area contributed by atoms with Crippen molar-refractivity contribution in [2.45, 2.75) is 6.42 Å². The highest BCUT2D eigenvalue weighted by Gasteiger charge is 2.33. The van der Waals surface area contributed by atoms with Crippen LogP contribution in [0.3, 0.4) is 0 Å². The Bertz CT molecular complexity index is 565. The van der Waals surface area contributed by atoms with Crippen LogP contribution < -0.4 is 4.90 Å². The lowest BCUT2D eigenvalue weighted by Gasteiger charge is -2.15. The molecule has 0 radical (unpaired) electrons. The van der Waals surface area contributed by atoms with E-state index >= 15 is 0 Å². The van der Waals surface area contributed by atoms with Gasteiger partial charge in [-0.15, -0.1) is 0 Å². The van der Waals surface area contributed by atoms with Gasteiger partial charge in [0.25, 0.3) is 0 Å². The first kappa shape index (κ1) is 14.1. The van der Waals surface area contributed by atoms with Crippen LogP contribution in [0.5, 0.6) is 0 Å². The molecular formula is C15H17NO4. The minimum absolute atomic E-state index is 0.304. The Labute approximate surface area is 117 Å². The van der Waals surface area contributed by atoms with Gasteiger partial charge in [-0.25, -0.2) is 4.79 Å². The standard InChI is InChI=1S/C15H17NO4/c1-16-9-12(15(18)20-3)11(14(17)19-2)8-10-6-4-5-7-13(10)16/h4-7,9,11H,8H2,1-3H3. The molecule has 1 unspecified atom stereocenters. The molecule has 0 bridgehead atoms. The fourth-order valence-electron chi connectivity index (χ4n) is 2.39. The van der Waals surface area contributed by atoms with Crippen LogP contribution in [-0.2, 0) is 25.5 Å². The number of ether oxygens (including phenoxy) is 2. The average Bonchev–Trinajstić information content (AvgIpc) is 2.63. The van der Waals surface area contributed by atoms with Gasteiger partial charge in [-0.05, 0) is 18.1 Å². The van der Waals surface area contributed by atoms with Crippen LogP contribution in [0.4, 0.5) is 5.69 Å². The predicted octanol–water partition coefficient (Wildman–Crippen LogP) is 1.52. The van der Waals surface area contributed by atoms with Crippen molar-refractivity contribution in [2.75, 3.05) is 26.2 Å². The Morgan fingerprint density at radius 1 is 1.20 bits per heavy atom. The van der Waals surface area contributed by atoms with Crippen molar-refractivity contribution < 1.29 is 19.1 Å². The Kier molecular flexibility index (Phi) is 4.08. The zero-order valence-electron chi connectivity index (χ0n) is 11.8. The van der Waals surface area contributed by atoms with E-state index in [1.807, 2.05) is 36.2 Å². The molecule has 0 N–H and O–H groups in total. The van der Waals surface area contributed by atoms with E-state index in [4.69, 9.17) is 9.47 Å². The Hall–Kier alpha value is -2.30. The molecule has 1 atom stereocenters. The first-order valence-corrected chi connectivity index (χ1v) is 6.27. The first-order valence-electron chi connectivity index (χ1n) is 6.27. The number of nitrogens with zero attached hydrogens (tertiary/aromatic N) is 1. The molecule has 1 heterocycles. The van der Waals surface area contributed by atoms with E-state index < -0.39 is 17.9 Å². The first-order chi connectivity index (χ1) is 9.58.